The lowest BCUT2D eigenvalue weighted by molar-refractivity contribution is -0.119. The summed E-state index contributed by atoms with van der Waals surface area (Å²) in [6.07, 6.45) is 7.70. The predicted octanol–water partition coefficient (Wildman–Crippen LogP) is 4.53. The van der Waals surface area contributed by atoms with Crippen molar-refractivity contribution in [2.75, 3.05) is 22.2 Å². The zero-order valence-corrected chi connectivity index (χ0v) is 20.2. The largest absolute Gasteiger partial charge is 0.355 e. The fourth-order valence-corrected chi connectivity index (χ4v) is 5.28. The maximum Gasteiger partial charge on any atom is 0.249 e. The molecule has 1 atom stereocenters. The maximum absolute atomic E-state index is 12.8. The van der Waals surface area contributed by atoms with Crippen LogP contribution in [0, 0.1) is 6.92 Å². The number of likely N-dealkylation sites (N-methyl/N-ethyl adjacent to an activating group) is 1. The number of nitrogens with zero attached hydrogens (tertiary/aromatic N) is 6. The highest BCUT2D eigenvalue weighted by molar-refractivity contribution is 6.05. The highest BCUT2D eigenvalue weighted by atomic mass is 16.2. The molecule has 8 heteroatoms. The van der Waals surface area contributed by atoms with Crippen LogP contribution in [-0.2, 0) is 11.8 Å². The molecule has 0 bridgehead atoms. The monoisotopic (exact) mass is 457 g/mol. The first-order valence-electron chi connectivity index (χ1n) is 12.3. The summed E-state index contributed by atoms with van der Waals surface area (Å²) in [5.74, 6) is 1.25. The molecule has 2 fully saturated rings. The number of anilines is 4. The summed E-state index contributed by atoms with van der Waals surface area (Å²) in [4.78, 5) is 26.3. The lowest BCUT2D eigenvalue weighted by atomic mass is 9.88. The van der Waals surface area contributed by atoms with Crippen molar-refractivity contribution in [3.05, 3.63) is 41.9 Å². The van der Waals surface area contributed by atoms with Crippen LogP contribution in [0.25, 0.3) is 11.3 Å². The topological polar surface area (TPSA) is 79.2 Å². The van der Waals surface area contributed by atoms with Crippen LogP contribution in [0.4, 0.5) is 23.0 Å². The van der Waals surface area contributed by atoms with E-state index in [0.717, 1.165) is 52.5 Å². The van der Waals surface area contributed by atoms with Gasteiger partial charge in [-0.3, -0.25) is 9.48 Å². The number of aromatic nitrogens is 4. The van der Waals surface area contributed by atoms with Crippen molar-refractivity contribution in [2.45, 2.75) is 64.0 Å². The molecule has 2 aliphatic carbocycles. The van der Waals surface area contributed by atoms with Gasteiger partial charge in [0.05, 0.1) is 22.8 Å². The molecule has 0 saturated heterocycles. The minimum atomic E-state index is -0.160. The van der Waals surface area contributed by atoms with E-state index in [4.69, 9.17) is 10.1 Å². The van der Waals surface area contributed by atoms with Gasteiger partial charge in [-0.25, -0.2) is 9.97 Å². The molecule has 3 heterocycles. The lowest BCUT2D eigenvalue weighted by Crippen LogP contribution is -2.56. The highest BCUT2D eigenvalue weighted by Crippen LogP contribution is 2.45. The molecular weight excluding hydrogens is 426 g/mol. The molecule has 2 aromatic heterocycles. The Morgan fingerprint density at radius 1 is 1.06 bits per heavy atom. The van der Waals surface area contributed by atoms with E-state index in [2.05, 4.69) is 28.2 Å². The quantitative estimate of drug-likeness (QED) is 0.606. The summed E-state index contributed by atoms with van der Waals surface area (Å²) in [6, 6.07) is 8.39. The van der Waals surface area contributed by atoms with Gasteiger partial charge in [0, 0.05) is 49.2 Å². The van der Waals surface area contributed by atoms with Crippen molar-refractivity contribution in [3.8, 4) is 11.3 Å². The molecule has 1 aliphatic heterocycles. The van der Waals surface area contributed by atoms with Crippen LogP contribution in [0.3, 0.4) is 0 Å². The molecule has 1 amide bonds. The van der Waals surface area contributed by atoms with E-state index in [1.165, 1.54) is 19.3 Å². The number of carbonyl (C=O) groups excluding carboxylic acids is 1. The van der Waals surface area contributed by atoms with Crippen LogP contribution < -0.4 is 15.1 Å². The van der Waals surface area contributed by atoms with Gasteiger partial charge >= 0.3 is 0 Å². The standard InChI is InChI=1S/C26H31N7O/c1-15-23(24(17-8-9-17)30-32(15)4)20-12-13-27-26(29-20)28-18-10-11-21-22(14-18)33(19-6-5-7-19)16(2)25(34)31(21)3/h10-14,16-17,19H,5-9H2,1-4H3,(H,27,28,29)/t16-/m1/s1. The number of amides is 1. The molecule has 8 nitrogen and oxygen atoms in total. The zero-order chi connectivity index (χ0) is 23.6. The second kappa shape index (κ2) is 7.82. The second-order valence-corrected chi connectivity index (χ2v) is 9.90. The Morgan fingerprint density at radius 3 is 2.56 bits per heavy atom. The second-order valence-electron chi connectivity index (χ2n) is 9.90. The number of carbonyl (C=O) groups is 1. The molecule has 1 N–H and O–H groups in total. The summed E-state index contributed by atoms with van der Waals surface area (Å²) in [5, 5.41) is 8.18. The first-order valence-corrected chi connectivity index (χ1v) is 12.3. The fraction of sp³-hybridized carbons (Fsp3) is 0.462. The number of fused-ring (bicyclic) bond motifs is 1. The van der Waals surface area contributed by atoms with Gasteiger partial charge in [-0.15, -0.1) is 0 Å². The Hall–Kier alpha value is -3.42. The normalized spacial score (nSPS) is 20.4. The van der Waals surface area contributed by atoms with Crippen LogP contribution in [0.1, 0.15) is 56.3 Å². The SMILES string of the molecule is Cc1c(-c2ccnc(Nc3ccc4c(c3)N(C3CCC3)[C@H](C)C(=O)N4C)n2)c(C2CC2)nn1C. The Kier molecular flexibility index (Phi) is 4.86. The molecule has 176 valence electrons. The Balaban J connectivity index is 1.34. The van der Waals surface area contributed by atoms with Gasteiger partial charge in [0.1, 0.15) is 6.04 Å². The van der Waals surface area contributed by atoms with Crippen LogP contribution >= 0.6 is 0 Å². The van der Waals surface area contributed by atoms with Crippen molar-refractivity contribution in [1.82, 2.24) is 19.7 Å². The van der Waals surface area contributed by atoms with Crippen LogP contribution in [0.15, 0.2) is 30.5 Å². The van der Waals surface area contributed by atoms with Gasteiger partial charge in [-0.2, -0.15) is 5.10 Å². The summed E-state index contributed by atoms with van der Waals surface area (Å²) in [7, 11) is 3.86. The average Bonchev–Trinajstić information content (AvgIpc) is 3.59. The van der Waals surface area contributed by atoms with E-state index in [1.54, 1.807) is 11.1 Å². The van der Waals surface area contributed by atoms with Crippen molar-refractivity contribution in [3.63, 3.8) is 0 Å². The Morgan fingerprint density at radius 2 is 1.85 bits per heavy atom. The van der Waals surface area contributed by atoms with Gasteiger partial charge in [-0.1, -0.05) is 0 Å². The van der Waals surface area contributed by atoms with Gasteiger partial charge in [0.25, 0.3) is 0 Å². The van der Waals surface area contributed by atoms with E-state index in [0.29, 0.717) is 17.9 Å². The maximum atomic E-state index is 12.8. The fourth-order valence-electron chi connectivity index (χ4n) is 5.28. The van der Waals surface area contributed by atoms with E-state index < -0.39 is 0 Å². The minimum Gasteiger partial charge on any atom is -0.355 e. The third-order valence-electron chi connectivity index (χ3n) is 7.68. The van der Waals surface area contributed by atoms with Crippen molar-refractivity contribution in [1.29, 1.82) is 0 Å². The molecule has 0 radical (unpaired) electrons. The predicted molar refractivity (Wildman–Crippen MR) is 134 cm³/mol. The van der Waals surface area contributed by atoms with E-state index >= 15 is 0 Å². The minimum absolute atomic E-state index is 0.148. The summed E-state index contributed by atoms with van der Waals surface area (Å²) >= 11 is 0. The average molecular weight is 458 g/mol. The van der Waals surface area contributed by atoms with E-state index in [-0.39, 0.29) is 11.9 Å². The van der Waals surface area contributed by atoms with Crippen molar-refractivity contribution in [2.24, 2.45) is 7.05 Å². The van der Waals surface area contributed by atoms with Crippen molar-refractivity contribution < 1.29 is 4.79 Å². The number of aryl methyl sites for hydroxylation is 1. The summed E-state index contributed by atoms with van der Waals surface area (Å²) in [6.45, 7) is 4.11. The van der Waals surface area contributed by atoms with Crippen LogP contribution in [0.2, 0.25) is 0 Å². The first kappa shape index (κ1) is 21.1. The number of hydrogen-bond donors (Lipinski definition) is 1. The third-order valence-corrected chi connectivity index (χ3v) is 7.68. The highest BCUT2D eigenvalue weighted by Gasteiger charge is 2.39. The molecular formula is C26H31N7O. The zero-order valence-electron chi connectivity index (χ0n) is 20.2. The molecule has 3 aromatic rings. The Bertz CT molecular complexity index is 1270. The van der Waals surface area contributed by atoms with E-state index in [9.17, 15) is 4.79 Å². The molecule has 3 aliphatic rings. The third kappa shape index (κ3) is 3.35. The Labute approximate surface area is 200 Å². The van der Waals surface area contributed by atoms with Gasteiger partial charge in [0.2, 0.25) is 11.9 Å². The van der Waals surface area contributed by atoms with Gasteiger partial charge in [0.15, 0.2) is 0 Å². The summed E-state index contributed by atoms with van der Waals surface area (Å²) < 4.78 is 1.95. The number of hydrogen-bond acceptors (Lipinski definition) is 6. The van der Waals surface area contributed by atoms with E-state index in [1.807, 2.05) is 43.9 Å². The van der Waals surface area contributed by atoms with Crippen LogP contribution in [-0.4, -0.2) is 44.8 Å². The number of rotatable bonds is 5. The first-order chi connectivity index (χ1) is 16.4. The smallest absolute Gasteiger partial charge is 0.249 e. The van der Waals surface area contributed by atoms with Gasteiger partial charge in [-0.05, 0) is 70.2 Å². The lowest BCUT2D eigenvalue weighted by Gasteiger charge is -2.47. The molecule has 1 aromatic carbocycles. The summed E-state index contributed by atoms with van der Waals surface area (Å²) in [5.41, 5.74) is 7.27. The molecule has 2 saturated carbocycles. The van der Waals surface area contributed by atoms with Crippen LogP contribution in [0.5, 0.6) is 0 Å². The molecule has 0 spiro atoms. The number of benzene rings is 1. The number of nitrogens with one attached hydrogen (secondary N) is 1. The molecule has 0 unspecified atom stereocenters. The molecule has 6 rings (SSSR count). The van der Waals surface area contributed by atoms with Gasteiger partial charge < -0.3 is 15.1 Å². The molecule has 34 heavy (non-hydrogen) atoms. The van der Waals surface area contributed by atoms with Crippen molar-refractivity contribution >= 4 is 28.9 Å².